The van der Waals surface area contributed by atoms with E-state index in [9.17, 15) is 14.3 Å². The first-order chi connectivity index (χ1) is 18.6. The summed E-state index contributed by atoms with van der Waals surface area (Å²) in [7, 11) is 3.28. The molecule has 0 radical (unpaired) electrons. The van der Waals surface area contributed by atoms with Crippen LogP contribution in [0.3, 0.4) is 0 Å². The zero-order valence-corrected chi connectivity index (χ0v) is 24.2. The second kappa shape index (κ2) is 16.4. The molecule has 1 amide bonds. The molecule has 0 aliphatic heterocycles. The summed E-state index contributed by atoms with van der Waals surface area (Å²) in [6.45, 7) is 9.22. The van der Waals surface area contributed by atoms with Gasteiger partial charge >= 0.3 is 0 Å². The Morgan fingerprint density at radius 2 is 1.82 bits per heavy atom. The van der Waals surface area contributed by atoms with Gasteiger partial charge in [0.2, 0.25) is 5.91 Å². The number of nitrogens with zero attached hydrogens (tertiary/aromatic N) is 1. The van der Waals surface area contributed by atoms with E-state index in [1.165, 1.54) is 18.3 Å². The van der Waals surface area contributed by atoms with Gasteiger partial charge in [-0.1, -0.05) is 33.8 Å². The molecule has 4 atom stereocenters. The number of anilines is 1. The van der Waals surface area contributed by atoms with Gasteiger partial charge in [0.1, 0.15) is 0 Å². The van der Waals surface area contributed by atoms with E-state index >= 15 is 0 Å². The molecule has 0 saturated heterocycles. The predicted octanol–water partition coefficient (Wildman–Crippen LogP) is 4.84. The van der Waals surface area contributed by atoms with Crippen molar-refractivity contribution in [1.82, 2.24) is 4.98 Å². The van der Waals surface area contributed by atoms with Crippen molar-refractivity contribution in [3.63, 3.8) is 0 Å². The molecule has 1 aromatic carbocycles. The number of methoxy groups -OCH3 is 2. The molecule has 0 spiro atoms. The Morgan fingerprint density at radius 3 is 2.44 bits per heavy atom. The summed E-state index contributed by atoms with van der Waals surface area (Å²) in [5.74, 6) is 0.129. The molecule has 39 heavy (non-hydrogen) atoms. The van der Waals surface area contributed by atoms with E-state index in [1.54, 1.807) is 14.2 Å². The van der Waals surface area contributed by atoms with E-state index in [0.29, 0.717) is 37.1 Å². The molecular weight excluding hydrogens is 501 g/mol. The molecule has 0 aliphatic carbocycles. The number of hydrogen-bond donors (Lipinski definition) is 3. The monoisotopic (exact) mass is 547 g/mol. The lowest BCUT2D eigenvalue weighted by molar-refractivity contribution is -0.122. The quantitative estimate of drug-likeness (QED) is 0.243. The molecule has 218 valence electrons. The van der Waals surface area contributed by atoms with Crippen LogP contribution in [0.15, 0.2) is 36.5 Å². The summed E-state index contributed by atoms with van der Waals surface area (Å²) in [6, 6.07) is 8.10. The molecule has 9 heteroatoms. The summed E-state index contributed by atoms with van der Waals surface area (Å²) in [6.07, 6.45) is 2.80. The number of benzene rings is 1. The van der Waals surface area contributed by atoms with Crippen LogP contribution in [0.2, 0.25) is 0 Å². The van der Waals surface area contributed by atoms with Gasteiger partial charge < -0.3 is 30.4 Å². The fourth-order valence-electron chi connectivity index (χ4n) is 4.55. The van der Waals surface area contributed by atoms with Gasteiger partial charge in [0.25, 0.3) is 0 Å². The predicted molar refractivity (Wildman–Crippen MR) is 151 cm³/mol. The summed E-state index contributed by atoms with van der Waals surface area (Å²) in [4.78, 5) is 16.8. The third-order valence-corrected chi connectivity index (χ3v) is 7.13. The Labute approximate surface area is 232 Å². The van der Waals surface area contributed by atoms with Crippen LogP contribution in [0.25, 0.3) is 0 Å². The molecule has 0 saturated carbocycles. The van der Waals surface area contributed by atoms with Crippen LogP contribution in [0, 0.1) is 29.5 Å². The molecule has 2 aromatic rings. The lowest BCUT2D eigenvalue weighted by Gasteiger charge is -2.30. The maximum absolute atomic E-state index is 14.0. The third-order valence-electron chi connectivity index (χ3n) is 7.13. The van der Waals surface area contributed by atoms with Gasteiger partial charge in [0.05, 0.1) is 19.8 Å². The molecule has 1 aromatic heterocycles. The summed E-state index contributed by atoms with van der Waals surface area (Å²) < 4.78 is 30.5. The number of aromatic nitrogens is 1. The van der Waals surface area contributed by atoms with Crippen LogP contribution in [0.1, 0.15) is 52.5 Å². The molecular formula is C30H46FN3O5. The number of ether oxygens (including phenoxy) is 3. The van der Waals surface area contributed by atoms with Crippen LogP contribution in [-0.2, 0) is 16.0 Å². The Morgan fingerprint density at radius 1 is 1.08 bits per heavy atom. The van der Waals surface area contributed by atoms with Crippen LogP contribution in [-0.4, -0.2) is 55.6 Å². The second-order valence-electron chi connectivity index (χ2n) is 10.8. The molecule has 0 aliphatic rings. The lowest BCUT2D eigenvalue weighted by atomic mass is 9.81. The highest BCUT2D eigenvalue weighted by molar-refractivity contribution is 5.91. The Kier molecular flexibility index (Phi) is 13.6. The lowest BCUT2D eigenvalue weighted by Crippen LogP contribution is -2.41. The molecule has 0 bridgehead atoms. The van der Waals surface area contributed by atoms with Gasteiger partial charge in [-0.2, -0.15) is 0 Å². The van der Waals surface area contributed by atoms with Gasteiger partial charge in [-0.25, -0.2) is 9.37 Å². The molecule has 4 unspecified atom stereocenters. The van der Waals surface area contributed by atoms with Gasteiger partial charge in [0, 0.05) is 38.3 Å². The van der Waals surface area contributed by atoms with Gasteiger partial charge in [-0.15, -0.1) is 0 Å². The minimum atomic E-state index is -0.895. The van der Waals surface area contributed by atoms with Gasteiger partial charge in [-0.05, 0) is 66.8 Å². The maximum atomic E-state index is 14.0. The number of aliphatic hydroxyl groups excluding tert-OH is 1. The van der Waals surface area contributed by atoms with E-state index in [4.69, 9.17) is 19.9 Å². The van der Waals surface area contributed by atoms with Crippen molar-refractivity contribution in [1.29, 1.82) is 0 Å². The van der Waals surface area contributed by atoms with Crippen molar-refractivity contribution >= 4 is 11.7 Å². The number of halogens is 1. The van der Waals surface area contributed by atoms with Crippen molar-refractivity contribution < 1.29 is 28.5 Å². The summed E-state index contributed by atoms with van der Waals surface area (Å²) in [5, 5.41) is 13.6. The topological polar surface area (TPSA) is 116 Å². The number of amides is 1. The molecule has 2 rings (SSSR count). The number of nitrogens with two attached hydrogens (primary N) is 1. The first-order valence-corrected chi connectivity index (χ1v) is 13.7. The van der Waals surface area contributed by atoms with Crippen LogP contribution in [0.4, 0.5) is 10.2 Å². The second-order valence-corrected chi connectivity index (χ2v) is 10.8. The fourth-order valence-corrected chi connectivity index (χ4v) is 4.55. The van der Waals surface area contributed by atoms with Crippen molar-refractivity contribution in [2.24, 2.45) is 29.4 Å². The fraction of sp³-hybridized carbons (Fsp3) is 0.600. The van der Waals surface area contributed by atoms with Crippen molar-refractivity contribution in [2.45, 2.75) is 65.5 Å². The van der Waals surface area contributed by atoms with Crippen molar-refractivity contribution in [3.8, 4) is 11.5 Å². The molecule has 0 fully saturated rings. The Hall–Kier alpha value is -2.75. The average molecular weight is 548 g/mol. The minimum Gasteiger partial charge on any atom is -0.493 e. The molecule has 8 nitrogen and oxygen atoms in total. The number of aliphatic hydroxyl groups is 1. The molecule has 1 heterocycles. The Bertz CT molecular complexity index is 1020. The number of carbonyl (C=O) groups is 1. The smallest absolute Gasteiger partial charge is 0.229 e. The first-order valence-electron chi connectivity index (χ1n) is 13.7. The van der Waals surface area contributed by atoms with Crippen LogP contribution >= 0.6 is 0 Å². The summed E-state index contributed by atoms with van der Waals surface area (Å²) in [5.41, 5.74) is 7.59. The summed E-state index contributed by atoms with van der Waals surface area (Å²) >= 11 is 0. The van der Waals surface area contributed by atoms with Crippen molar-refractivity contribution in [2.75, 3.05) is 32.8 Å². The average Bonchev–Trinajstić information content (AvgIpc) is 2.90. The minimum absolute atomic E-state index is 0.0823. The van der Waals surface area contributed by atoms with Crippen molar-refractivity contribution in [3.05, 3.63) is 47.9 Å². The largest absolute Gasteiger partial charge is 0.493 e. The highest BCUT2D eigenvalue weighted by atomic mass is 19.1. The van der Waals surface area contributed by atoms with Crippen LogP contribution < -0.4 is 20.5 Å². The van der Waals surface area contributed by atoms with E-state index in [1.807, 2.05) is 32.0 Å². The standard InChI is InChI=1S/C30H46FN3O5/c1-19(2)22(15-21-10-11-27(38-6)28(16-21)39-14-8-13-37-5)17-25(32)26(35)18-23(20(3)4)30(36)34-29-24(31)9-7-12-33-29/h7,9-12,16,19-20,22-23,25-26,35H,8,13-15,17-18,32H2,1-6H3,(H,33,34,36). The number of nitrogens with one attached hydrogen (secondary N) is 1. The number of hydrogen-bond acceptors (Lipinski definition) is 7. The highest BCUT2D eigenvalue weighted by Gasteiger charge is 2.30. The van der Waals surface area contributed by atoms with Gasteiger partial charge in [-0.3, -0.25) is 4.79 Å². The molecule has 4 N–H and O–H groups in total. The Balaban J connectivity index is 2.05. The van der Waals surface area contributed by atoms with Gasteiger partial charge in [0.15, 0.2) is 23.1 Å². The zero-order chi connectivity index (χ0) is 28.9. The number of pyridine rings is 1. The highest BCUT2D eigenvalue weighted by Crippen LogP contribution is 2.32. The number of rotatable bonds is 17. The van der Waals surface area contributed by atoms with E-state index in [-0.39, 0.29) is 30.0 Å². The third kappa shape index (κ3) is 10.4. The normalized spacial score (nSPS) is 14.6. The zero-order valence-electron chi connectivity index (χ0n) is 24.2. The maximum Gasteiger partial charge on any atom is 0.229 e. The number of carbonyl (C=O) groups excluding carboxylic acids is 1. The van der Waals surface area contributed by atoms with E-state index < -0.39 is 23.9 Å². The van der Waals surface area contributed by atoms with E-state index in [0.717, 1.165) is 18.4 Å². The van der Waals surface area contributed by atoms with E-state index in [2.05, 4.69) is 24.1 Å². The SMILES string of the molecule is COCCCOc1cc(CC(CC(N)C(O)CC(C(=O)Nc2ncccc2F)C(C)C)C(C)C)ccc1OC. The van der Waals surface area contributed by atoms with Crippen LogP contribution in [0.5, 0.6) is 11.5 Å². The first kappa shape index (κ1) is 32.5.